The molecule has 2 nitrogen and oxygen atoms in total. The predicted molar refractivity (Wildman–Crippen MR) is 49.9 cm³/mol. The molecule has 1 aromatic heterocycles. The van der Waals surface area contributed by atoms with Crippen molar-refractivity contribution in [3.63, 3.8) is 0 Å². The van der Waals surface area contributed by atoms with Crippen molar-refractivity contribution < 1.29 is 0 Å². The average molecular weight is 170 g/mol. The molecule has 0 saturated heterocycles. The Balaban J connectivity index is 2.04. The number of nitrogens with two attached hydrogens (primary N) is 1. The molecule has 0 spiro atoms. The molecule has 3 heteroatoms. The molecule has 0 aliphatic rings. The van der Waals surface area contributed by atoms with E-state index < -0.39 is 0 Å². The molecule has 62 valence electrons. The molecule has 0 aromatic carbocycles. The first-order valence-corrected chi connectivity index (χ1v) is 4.74. The Hall–Kier alpha value is -0.380. The maximum Gasteiger partial charge on any atom is 0.00746 e. The van der Waals surface area contributed by atoms with Crippen molar-refractivity contribution in [2.75, 3.05) is 19.6 Å². The second-order valence-electron chi connectivity index (χ2n) is 2.37. The van der Waals surface area contributed by atoms with E-state index in [2.05, 4.69) is 22.8 Å². The number of hydrogen-bond donors (Lipinski definition) is 2. The molecule has 11 heavy (non-hydrogen) atoms. The lowest BCUT2D eigenvalue weighted by Gasteiger charge is -1.99. The molecule has 0 saturated carbocycles. The lowest BCUT2D eigenvalue weighted by molar-refractivity contribution is 0.692. The first kappa shape index (κ1) is 8.71. The highest BCUT2D eigenvalue weighted by molar-refractivity contribution is 7.09. The van der Waals surface area contributed by atoms with E-state index in [1.807, 2.05) is 11.3 Å². The Bertz CT molecular complexity index is 172. The van der Waals surface area contributed by atoms with Gasteiger partial charge in [-0.2, -0.15) is 0 Å². The standard InChI is InChI=1S/C8H14N2S/c9-4-6-10-5-3-8-2-1-7-11-8/h1-2,7,10H,3-6,9H2. The second-order valence-corrected chi connectivity index (χ2v) is 3.40. The van der Waals surface area contributed by atoms with Crippen LogP contribution < -0.4 is 11.1 Å². The van der Waals surface area contributed by atoms with Crippen LogP contribution in [0.5, 0.6) is 0 Å². The highest BCUT2D eigenvalue weighted by Crippen LogP contribution is 2.07. The Morgan fingerprint density at radius 2 is 2.36 bits per heavy atom. The molecular weight excluding hydrogens is 156 g/mol. The van der Waals surface area contributed by atoms with E-state index in [1.54, 1.807) is 0 Å². The first-order chi connectivity index (χ1) is 5.43. The quantitative estimate of drug-likeness (QED) is 0.643. The number of hydrogen-bond acceptors (Lipinski definition) is 3. The number of rotatable bonds is 5. The molecule has 0 atom stereocenters. The topological polar surface area (TPSA) is 38.0 Å². The molecule has 0 bridgehead atoms. The Morgan fingerprint density at radius 3 is 3.00 bits per heavy atom. The fraction of sp³-hybridized carbons (Fsp3) is 0.500. The zero-order chi connectivity index (χ0) is 7.94. The zero-order valence-corrected chi connectivity index (χ0v) is 7.36. The molecule has 0 radical (unpaired) electrons. The van der Waals surface area contributed by atoms with Crippen LogP contribution in [-0.2, 0) is 6.42 Å². The molecule has 0 amide bonds. The van der Waals surface area contributed by atoms with Gasteiger partial charge in [0.25, 0.3) is 0 Å². The highest BCUT2D eigenvalue weighted by Gasteiger charge is 1.91. The minimum absolute atomic E-state index is 0.727. The molecule has 1 aromatic rings. The van der Waals surface area contributed by atoms with E-state index in [-0.39, 0.29) is 0 Å². The van der Waals surface area contributed by atoms with Gasteiger partial charge in [-0.05, 0) is 17.9 Å². The van der Waals surface area contributed by atoms with E-state index in [4.69, 9.17) is 5.73 Å². The maximum atomic E-state index is 5.33. The van der Waals surface area contributed by atoms with Crippen LogP contribution in [0.2, 0.25) is 0 Å². The van der Waals surface area contributed by atoms with Crippen LogP contribution in [0.1, 0.15) is 4.88 Å². The Morgan fingerprint density at radius 1 is 1.45 bits per heavy atom. The van der Waals surface area contributed by atoms with Gasteiger partial charge in [0.05, 0.1) is 0 Å². The summed E-state index contributed by atoms with van der Waals surface area (Å²) in [4.78, 5) is 1.44. The van der Waals surface area contributed by atoms with Crippen molar-refractivity contribution in [1.82, 2.24) is 5.32 Å². The van der Waals surface area contributed by atoms with Gasteiger partial charge in [-0.25, -0.2) is 0 Å². The lowest BCUT2D eigenvalue weighted by atomic mass is 10.3. The summed E-state index contributed by atoms with van der Waals surface area (Å²) in [5.74, 6) is 0. The van der Waals surface area contributed by atoms with E-state index in [0.29, 0.717) is 0 Å². The van der Waals surface area contributed by atoms with Gasteiger partial charge in [-0.15, -0.1) is 11.3 Å². The van der Waals surface area contributed by atoms with E-state index in [9.17, 15) is 0 Å². The zero-order valence-electron chi connectivity index (χ0n) is 6.55. The van der Waals surface area contributed by atoms with Gasteiger partial charge >= 0.3 is 0 Å². The summed E-state index contributed by atoms with van der Waals surface area (Å²) in [6, 6.07) is 4.25. The van der Waals surface area contributed by atoms with Crippen molar-refractivity contribution in [3.05, 3.63) is 22.4 Å². The Labute approximate surface area is 71.4 Å². The van der Waals surface area contributed by atoms with E-state index in [1.165, 1.54) is 4.88 Å². The SMILES string of the molecule is NCCNCCc1cccs1. The van der Waals surface area contributed by atoms with Gasteiger partial charge in [0.2, 0.25) is 0 Å². The smallest absolute Gasteiger partial charge is 0.00746 e. The third-order valence-electron chi connectivity index (χ3n) is 1.45. The molecule has 1 heterocycles. The second kappa shape index (κ2) is 5.29. The fourth-order valence-electron chi connectivity index (χ4n) is 0.893. The van der Waals surface area contributed by atoms with Crippen LogP contribution in [0.4, 0.5) is 0 Å². The highest BCUT2D eigenvalue weighted by atomic mass is 32.1. The van der Waals surface area contributed by atoms with Crippen LogP contribution in [0.3, 0.4) is 0 Å². The monoisotopic (exact) mass is 170 g/mol. The summed E-state index contributed by atoms with van der Waals surface area (Å²) in [7, 11) is 0. The van der Waals surface area contributed by atoms with Crippen LogP contribution in [-0.4, -0.2) is 19.6 Å². The number of thiophene rings is 1. The van der Waals surface area contributed by atoms with Crippen molar-refractivity contribution >= 4 is 11.3 Å². The van der Waals surface area contributed by atoms with Crippen molar-refractivity contribution in [1.29, 1.82) is 0 Å². The van der Waals surface area contributed by atoms with E-state index in [0.717, 1.165) is 26.1 Å². The van der Waals surface area contributed by atoms with Gasteiger partial charge in [0.1, 0.15) is 0 Å². The molecular formula is C8H14N2S. The molecule has 0 unspecified atom stereocenters. The van der Waals surface area contributed by atoms with Gasteiger partial charge in [-0.3, -0.25) is 0 Å². The Kier molecular flexibility index (Phi) is 4.19. The number of nitrogens with one attached hydrogen (secondary N) is 1. The minimum Gasteiger partial charge on any atom is -0.329 e. The summed E-state index contributed by atoms with van der Waals surface area (Å²) in [5, 5.41) is 5.36. The van der Waals surface area contributed by atoms with Gasteiger partial charge in [0.15, 0.2) is 0 Å². The third-order valence-corrected chi connectivity index (χ3v) is 2.39. The van der Waals surface area contributed by atoms with E-state index >= 15 is 0 Å². The molecule has 0 aliphatic carbocycles. The average Bonchev–Trinajstić information content (AvgIpc) is 2.50. The maximum absolute atomic E-state index is 5.33. The van der Waals surface area contributed by atoms with Gasteiger partial charge in [0, 0.05) is 24.5 Å². The van der Waals surface area contributed by atoms with Crippen LogP contribution >= 0.6 is 11.3 Å². The van der Waals surface area contributed by atoms with Crippen LogP contribution in [0, 0.1) is 0 Å². The van der Waals surface area contributed by atoms with Crippen molar-refractivity contribution in [2.24, 2.45) is 5.73 Å². The van der Waals surface area contributed by atoms with Crippen molar-refractivity contribution in [3.8, 4) is 0 Å². The molecule has 0 aliphatic heterocycles. The molecule has 3 N–H and O–H groups in total. The predicted octanol–water partition coefficient (Wildman–Crippen LogP) is 0.839. The summed E-state index contributed by atoms with van der Waals surface area (Å²) in [6.45, 7) is 2.69. The van der Waals surface area contributed by atoms with Crippen LogP contribution in [0.15, 0.2) is 17.5 Å². The van der Waals surface area contributed by atoms with Crippen LogP contribution in [0.25, 0.3) is 0 Å². The summed E-state index contributed by atoms with van der Waals surface area (Å²) < 4.78 is 0. The van der Waals surface area contributed by atoms with Crippen molar-refractivity contribution in [2.45, 2.75) is 6.42 Å². The normalized spacial score (nSPS) is 10.3. The lowest BCUT2D eigenvalue weighted by Crippen LogP contribution is -2.24. The summed E-state index contributed by atoms with van der Waals surface area (Å²) in [6.07, 6.45) is 1.12. The molecule has 0 fully saturated rings. The van der Waals surface area contributed by atoms with Gasteiger partial charge < -0.3 is 11.1 Å². The summed E-state index contributed by atoms with van der Waals surface area (Å²) >= 11 is 1.81. The molecule has 1 rings (SSSR count). The first-order valence-electron chi connectivity index (χ1n) is 3.86. The fourth-order valence-corrected chi connectivity index (χ4v) is 1.60. The summed E-state index contributed by atoms with van der Waals surface area (Å²) in [5.41, 5.74) is 5.33. The largest absolute Gasteiger partial charge is 0.329 e. The van der Waals surface area contributed by atoms with Gasteiger partial charge in [-0.1, -0.05) is 6.07 Å². The third kappa shape index (κ3) is 3.51. The minimum atomic E-state index is 0.727.